The lowest BCUT2D eigenvalue weighted by Crippen LogP contribution is -2.03. The van der Waals surface area contributed by atoms with Gasteiger partial charge in [0.1, 0.15) is 17.1 Å². The predicted molar refractivity (Wildman–Crippen MR) is 59.8 cm³/mol. The van der Waals surface area contributed by atoms with Gasteiger partial charge in [0.15, 0.2) is 5.69 Å². The molecular formula is C12H10FNO3. The van der Waals surface area contributed by atoms with E-state index >= 15 is 0 Å². The van der Waals surface area contributed by atoms with Crippen molar-refractivity contribution in [3.8, 4) is 5.75 Å². The number of carbonyl (C=O) groups is 1. The van der Waals surface area contributed by atoms with Crippen LogP contribution in [0, 0.1) is 5.82 Å². The zero-order valence-electron chi connectivity index (χ0n) is 9.11. The summed E-state index contributed by atoms with van der Waals surface area (Å²) in [6.45, 7) is 2.14. The minimum atomic E-state index is -1.21. The number of carboxylic acid groups (broad SMARTS) is 1. The molecule has 88 valence electrons. The molecule has 1 aromatic heterocycles. The fraction of sp³-hybridized carbons (Fsp3) is 0.167. The number of aromatic nitrogens is 1. The number of nitrogens with zero attached hydrogens (tertiary/aromatic N) is 1. The molecule has 5 heteroatoms. The van der Waals surface area contributed by atoms with E-state index in [-0.39, 0.29) is 11.2 Å². The zero-order chi connectivity index (χ0) is 12.4. The summed E-state index contributed by atoms with van der Waals surface area (Å²) in [4.78, 5) is 14.6. The van der Waals surface area contributed by atoms with Crippen LogP contribution in [0.3, 0.4) is 0 Å². The minimum Gasteiger partial charge on any atom is -0.493 e. The first kappa shape index (κ1) is 11.3. The number of hydrogen-bond acceptors (Lipinski definition) is 3. The number of carboxylic acids is 1. The lowest BCUT2D eigenvalue weighted by molar-refractivity contribution is 0.0690. The summed E-state index contributed by atoms with van der Waals surface area (Å²) in [6, 6.07) is 5.70. The molecule has 0 saturated carbocycles. The Bertz CT molecular complexity index is 583. The Morgan fingerprint density at radius 3 is 2.94 bits per heavy atom. The van der Waals surface area contributed by atoms with Crippen LogP contribution in [0.15, 0.2) is 24.3 Å². The van der Waals surface area contributed by atoms with Crippen LogP contribution in [0.4, 0.5) is 4.39 Å². The molecule has 2 aromatic rings. The standard InChI is InChI=1S/C12H10FNO3/c1-2-17-10-6-9(12(15)16)14-11-7(10)4-3-5-8(11)13/h3-6H,2H2,1H3,(H,15,16). The first-order valence-electron chi connectivity index (χ1n) is 5.09. The quantitative estimate of drug-likeness (QED) is 0.887. The van der Waals surface area contributed by atoms with Crippen molar-refractivity contribution in [3.05, 3.63) is 35.8 Å². The summed E-state index contributed by atoms with van der Waals surface area (Å²) in [5.41, 5.74) is -0.220. The van der Waals surface area contributed by atoms with E-state index in [0.717, 1.165) is 0 Å². The average Bonchev–Trinajstić information content (AvgIpc) is 2.30. The maximum atomic E-state index is 13.5. The predicted octanol–water partition coefficient (Wildman–Crippen LogP) is 2.47. The lowest BCUT2D eigenvalue weighted by atomic mass is 10.1. The summed E-state index contributed by atoms with van der Waals surface area (Å²) < 4.78 is 18.8. The van der Waals surface area contributed by atoms with Gasteiger partial charge in [-0.2, -0.15) is 0 Å². The number of benzene rings is 1. The van der Waals surface area contributed by atoms with Gasteiger partial charge < -0.3 is 9.84 Å². The highest BCUT2D eigenvalue weighted by molar-refractivity contribution is 5.93. The van der Waals surface area contributed by atoms with E-state index in [4.69, 9.17) is 9.84 Å². The van der Waals surface area contributed by atoms with Gasteiger partial charge in [0.05, 0.1) is 6.61 Å². The molecule has 0 aliphatic rings. The molecule has 0 unspecified atom stereocenters. The van der Waals surface area contributed by atoms with Crippen LogP contribution in [0.25, 0.3) is 10.9 Å². The van der Waals surface area contributed by atoms with Crippen molar-refractivity contribution >= 4 is 16.9 Å². The number of ether oxygens (including phenoxy) is 1. The van der Waals surface area contributed by atoms with Crippen LogP contribution in [-0.4, -0.2) is 22.7 Å². The summed E-state index contributed by atoms with van der Waals surface area (Å²) in [7, 11) is 0. The maximum Gasteiger partial charge on any atom is 0.354 e. The second-order valence-electron chi connectivity index (χ2n) is 3.38. The number of halogens is 1. The van der Waals surface area contributed by atoms with E-state index in [9.17, 15) is 9.18 Å². The number of hydrogen-bond donors (Lipinski definition) is 1. The molecule has 1 aromatic carbocycles. The second kappa shape index (κ2) is 4.37. The largest absolute Gasteiger partial charge is 0.493 e. The van der Waals surface area contributed by atoms with Gasteiger partial charge >= 0.3 is 5.97 Å². The van der Waals surface area contributed by atoms with E-state index in [1.54, 1.807) is 13.0 Å². The van der Waals surface area contributed by atoms with Crippen LogP contribution >= 0.6 is 0 Å². The molecule has 0 saturated heterocycles. The minimum absolute atomic E-state index is 0.0100. The lowest BCUT2D eigenvalue weighted by Gasteiger charge is -2.08. The highest BCUT2D eigenvalue weighted by Gasteiger charge is 2.13. The van der Waals surface area contributed by atoms with E-state index in [0.29, 0.717) is 17.7 Å². The SMILES string of the molecule is CCOc1cc(C(=O)O)nc2c(F)cccc12. The second-order valence-corrected chi connectivity index (χ2v) is 3.38. The van der Waals surface area contributed by atoms with E-state index in [2.05, 4.69) is 4.98 Å². The first-order chi connectivity index (χ1) is 8.13. The van der Waals surface area contributed by atoms with E-state index in [1.807, 2.05) is 0 Å². The molecular weight excluding hydrogens is 225 g/mol. The third-order valence-corrected chi connectivity index (χ3v) is 2.27. The van der Waals surface area contributed by atoms with Crippen LogP contribution in [0.2, 0.25) is 0 Å². The molecule has 17 heavy (non-hydrogen) atoms. The topological polar surface area (TPSA) is 59.4 Å². The highest BCUT2D eigenvalue weighted by atomic mass is 19.1. The Morgan fingerprint density at radius 1 is 1.53 bits per heavy atom. The number of aromatic carboxylic acids is 1. The molecule has 0 radical (unpaired) electrons. The molecule has 0 aliphatic carbocycles. The normalized spacial score (nSPS) is 10.5. The van der Waals surface area contributed by atoms with Gasteiger partial charge in [-0.05, 0) is 19.1 Å². The Labute approximate surface area is 96.7 Å². The van der Waals surface area contributed by atoms with Crippen LogP contribution in [0.5, 0.6) is 5.75 Å². The Hall–Kier alpha value is -2.17. The van der Waals surface area contributed by atoms with Gasteiger partial charge in [-0.15, -0.1) is 0 Å². The van der Waals surface area contributed by atoms with Gasteiger partial charge in [-0.25, -0.2) is 14.2 Å². The van der Waals surface area contributed by atoms with Gasteiger partial charge in [0.2, 0.25) is 0 Å². The van der Waals surface area contributed by atoms with E-state index < -0.39 is 11.8 Å². The molecule has 0 amide bonds. The molecule has 0 fully saturated rings. The van der Waals surface area contributed by atoms with Gasteiger partial charge in [-0.1, -0.05) is 6.07 Å². The summed E-state index contributed by atoms with van der Waals surface area (Å²) >= 11 is 0. The number of rotatable bonds is 3. The molecule has 1 heterocycles. The van der Waals surface area contributed by atoms with Crippen LogP contribution < -0.4 is 4.74 Å². The Morgan fingerprint density at radius 2 is 2.29 bits per heavy atom. The fourth-order valence-corrected chi connectivity index (χ4v) is 1.57. The maximum absolute atomic E-state index is 13.5. The number of para-hydroxylation sites is 1. The average molecular weight is 235 g/mol. The van der Waals surface area contributed by atoms with Crippen molar-refractivity contribution in [2.45, 2.75) is 6.92 Å². The zero-order valence-corrected chi connectivity index (χ0v) is 9.11. The fourth-order valence-electron chi connectivity index (χ4n) is 1.57. The monoisotopic (exact) mass is 235 g/mol. The molecule has 4 nitrogen and oxygen atoms in total. The molecule has 0 spiro atoms. The summed E-state index contributed by atoms with van der Waals surface area (Å²) in [5, 5.41) is 9.36. The van der Waals surface area contributed by atoms with Crippen molar-refractivity contribution in [1.29, 1.82) is 0 Å². The van der Waals surface area contributed by atoms with Crippen molar-refractivity contribution in [2.75, 3.05) is 6.61 Å². The van der Waals surface area contributed by atoms with Gasteiger partial charge in [0.25, 0.3) is 0 Å². The van der Waals surface area contributed by atoms with Crippen molar-refractivity contribution in [3.63, 3.8) is 0 Å². The van der Waals surface area contributed by atoms with Crippen molar-refractivity contribution < 1.29 is 19.0 Å². The molecule has 0 bridgehead atoms. The molecule has 2 rings (SSSR count). The van der Waals surface area contributed by atoms with Crippen molar-refractivity contribution in [1.82, 2.24) is 4.98 Å². The molecule has 0 aliphatic heterocycles. The van der Waals surface area contributed by atoms with Gasteiger partial charge in [-0.3, -0.25) is 0 Å². The first-order valence-corrected chi connectivity index (χ1v) is 5.09. The summed E-state index contributed by atoms with van der Waals surface area (Å²) in [5.74, 6) is -1.45. The molecule has 1 N–H and O–H groups in total. The molecule has 0 atom stereocenters. The third-order valence-electron chi connectivity index (χ3n) is 2.27. The number of fused-ring (bicyclic) bond motifs is 1. The van der Waals surface area contributed by atoms with E-state index in [1.165, 1.54) is 18.2 Å². The van der Waals surface area contributed by atoms with Gasteiger partial charge in [0, 0.05) is 11.5 Å². The smallest absolute Gasteiger partial charge is 0.354 e. The van der Waals surface area contributed by atoms with Crippen LogP contribution in [-0.2, 0) is 0 Å². The van der Waals surface area contributed by atoms with Crippen LogP contribution in [0.1, 0.15) is 17.4 Å². The Kier molecular flexibility index (Phi) is 2.91. The Balaban J connectivity index is 2.76. The third kappa shape index (κ3) is 2.04. The number of pyridine rings is 1. The van der Waals surface area contributed by atoms with Crippen molar-refractivity contribution in [2.24, 2.45) is 0 Å². The summed E-state index contributed by atoms with van der Waals surface area (Å²) in [6.07, 6.45) is 0. The highest BCUT2D eigenvalue weighted by Crippen LogP contribution is 2.27.